The Balaban J connectivity index is 0.00000210. The Labute approximate surface area is 171 Å². The third kappa shape index (κ3) is 4.95. The Bertz CT molecular complexity index is 782. The van der Waals surface area contributed by atoms with Crippen LogP contribution in [-0.4, -0.2) is 36.0 Å². The number of fused-ring (bicyclic) bond motifs is 2. The molecule has 4 nitrogen and oxygen atoms in total. The Morgan fingerprint density at radius 2 is 1.89 bits per heavy atom. The minimum atomic E-state index is 0. The Hall–Kier alpha value is -1.75. The first-order valence-corrected chi connectivity index (χ1v) is 9.58. The average molecular weight is 407 g/mol. The zero-order valence-corrected chi connectivity index (χ0v) is 16.6. The third-order valence-corrected chi connectivity index (χ3v) is 5.46. The second-order valence-corrected chi connectivity index (χ2v) is 7.56. The Morgan fingerprint density at radius 1 is 1.11 bits per heavy atom. The maximum atomic E-state index is 12.9. The lowest BCUT2D eigenvalue weighted by atomic mass is 10.1. The molecule has 27 heavy (non-hydrogen) atoms. The molecule has 2 aromatic rings. The second-order valence-electron chi connectivity index (χ2n) is 7.12. The highest BCUT2D eigenvalue weighted by Crippen LogP contribution is 2.23. The fourth-order valence-corrected chi connectivity index (χ4v) is 3.90. The topological polar surface area (TPSA) is 41.6 Å². The van der Waals surface area contributed by atoms with E-state index in [1.54, 1.807) is 0 Å². The van der Waals surface area contributed by atoms with Gasteiger partial charge in [0.2, 0.25) is 0 Å². The zero-order valence-electron chi connectivity index (χ0n) is 15.1. The van der Waals surface area contributed by atoms with Gasteiger partial charge in [0.25, 0.3) is 5.91 Å². The van der Waals surface area contributed by atoms with Crippen molar-refractivity contribution in [1.29, 1.82) is 0 Å². The lowest BCUT2D eigenvalue weighted by Crippen LogP contribution is -2.39. The van der Waals surface area contributed by atoms with Gasteiger partial charge in [-0.15, -0.1) is 12.4 Å². The van der Waals surface area contributed by atoms with Crippen molar-refractivity contribution in [3.63, 3.8) is 0 Å². The van der Waals surface area contributed by atoms with Crippen LogP contribution >= 0.6 is 24.0 Å². The number of benzene rings is 2. The number of carbonyl (C=O) groups excluding carboxylic acids is 1. The van der Waals surface area contributed by atoms with Crippen molar-refractivity contribution in [3.8, 4) is 5.75 Å². The van der Waals surface area contributed by atoms with Crippen molar-refractivity contribution in [3.05, 3.63) is 64.7 Å². The number of hydrogen-bond acceptors (Lipinski definition) is 3. The van der Waals surface area contributed by atoms with Crippen LogP contribution in [-0.2, 0) is 6.61 Å². The number of amides is 1. The molecule has 2 atom stereocenters. The molecule has 2 bridgehead atoms. The summed E-state index contributed by atoms with van der Waals surface area (Å²) in [5.74, 6) is 0.802. The first-order valence-electron chi connectivity index (χ1n) is 9.20. The van der Waals surface area contributed by atoms with Crippen LogP contribution in [0.25, 0.3) is 0 Å². The smallest absolute Gasteiger partial charge is 0.254 e. The summed E-state index contributed by atoms with van der Waals surface area (Å²) in [4.78, 5) is 14.9. The molecular formula is C21H24Cl2N2O2. The fourth-order valence-electron chi connectivity index (χ4n) is 3.78. The van der Waals surface area contributed by atoms with Gasteiger partial charge >= 0.3 is 0 Å². The summed E-state index contributed by atoms with van der Waals surface area (Å²) in [6.45, 7) is 2.07. The normalized spacial score (nSPS) is 21.3. The highest BCUT2D eigenvalue weighted by Gasteiger charge is 2.31. The van der Waals surface area contributed by atoms with Crippen LogP contribution in [0, 0.1) is 0 Å². The summed E-state index contributed by atoms with van der Waals surface area (Å²) in [5, 5.41) is 4.33. The summed E-state index contributed by atoms with van der Waals surface area (Å²) in [6, 6.07) is 16.1. The van der Waals surface area contributed by atoms with E-state index in [0.29, 0.717) is 35.0 Å². The number of carbonyl (C=O) groups is 1. The van der Waals surface area contributed by atoms with Crippen molar-refractivity contribution in [2.75, 3.05) is 13.1 Å². The summed E-state index contributed by atoms with van der Waals surface area (Å²) >= 11 is 5.91. The van der Waals surface area contributed by atoms with Crippen LogP contribution in [0.1, 0.15) is 35.2 Å². The van der Waals surface area contributed by atoms with E-state index in [4.69, 9.17) is 16.3 Å². The van der Waals surface area contributed by atoms with Gasteiger partial charge in [-0.2, -0.15) is 0 Å². The van der Waals surface area contributed by atoms with E-state index in [9.17, 15) is 4.79 Å². The molecule has 2 aliphatic rings. The predicted molar refractivity (Wildman–Crippen MR) is 110 cm³/mol. The van der Waals surface area contributed by atoms with E-state index >= 15 is 0 Å². The van der Waals surface area contributed by atoms with Crippen LogP contribution in [0.2, 0.25) is 5.02 Å². The van der Waals surface area contributed by atoms with Gasteiger partial charge in [0.1, 0.15) is 12.4 Å². The number of hydrogen-bond donors (Lipinski definition) is 1. The minimum Gasteiger partial charge on any atom is -0.489 e. The van der Waals surface area contributed by atoms with Crippen LogP contribution in [0.5, 0.6) is 5.75 Å². The molecule has 2 heterocycles. The quantitative estimate of drug-likeness (QED) is 0.822. The summed E-state index contributed by atoms with van der Waals surface area (Å²) in [5.41, 5.74) is 1.73. The van der Waals surface area contributed by atoms with Gasteiger partial charge in [-0.3, -0.25) is 4.79 Å². The molecule has 1 N–H and O–H groups in total. The van der Waals surface area contributed by atoms with Gasteiger partial charge in [0, 0.05) is 35.8 Å². The lowest BCUT2D eigenvalue weighted by Gasteiger charge is -2.24. The molecule has 2 fully saturated rings. The van der Waals surface area contributed by atoms with E-state index in [0.717, 1.165) is 25.1 Å². The highest BCUT2D eigenvalue weighted by atomic mass is 35.5. The van der Waals surface area contributed by atoms with E-state index in [1.165, 1.54) is 12.8 Å². The molecule has 4 rings (SSSR count). The van der Waals surface area contributed by atoms with Crippen LogP contribution in [0.3, 0.4) is 0 Å². The largest absolute Gasteiger partial charge is 0.489 e. The van der Waals surface area contributed by atoms with E-state index in [-0.39, 0.29) is 18.3 Å². The molecule has 0 saturated carbocycles. The molecule has 6 heteroatoms. The molecule has 0 aliphatic carbocycles. The molecule has 0 aromatic heterocycles. The van der Waals surface area contributed by atoms with Gasteiger partial charge in [-0.05, 0) is 55.2 Å². The Kier molecular flexibility index (Phi) is 6.64. The molecule has 144 valence electrons. The molecule has 1 amide bonds. The number of rotatable bonds is 4. The number of halogens is 2. The average Bonchev–Trinajstić information content (AvgIpc) is 3.00. The van der Waals surface area contributed by atoms with Gasteiger partial charge in [0.15, 0.2) is 0 Å². The molecule has 0 radical (unpaired) electrons. The first-order chi connectivity index (χ1) is 12.7. The maximum absolute atomic E-state index is 12.9. The molecular weight excluding hydrogens is 383 g/mol. The van der Waals surface area contributed by atoms with E-state index in [1.807, 2.05) is 53.4 Å². The Morgan fingerprint density at radius 3 is 2.70 bits per heavy atom. The van der Waals surface area contributed by atoms with Gasteiger partial charge in [0.05, 0.1) is 0 Å². The predicted octanol–water partition coefficient (Wildman–Crippen LogP) is 4.31. The monoisotopic (exact) mass is 406 g/mol. The lowest BCUT2D eigenvalue weighted by molar-refractivity contribution is 0.0747. The minimum absolute atomic E-state index is 0. The first kappa shape index (κ1) is 20.0. The van der Waals surface area contributed by atoms with E-state index in [2.05, 4.69) is 5.32 Å². The van der Waals surface area contributed by atoms with Gasteiger partial charge in [-0.1, -0.05) is 29.8 Å². The van der Waals surface area contributed by atoms with Gasteiger partial charge in [-0.25, -0.2) is 0 Å². The van der Waals surface area contributed by atoms with E-state index < -0.39 is 0 Å². The number of nitrogens with zero attached hydrogens (tertiary/aromatic N) is 1. The number of likely N-dealkylation sites (tertiary alicyclic amines) is 1. The van der Waals surface area contributed by atoms with Crippen LogP contribution in [0.4, 0.5) is 0 Å². The third-order valence-electron chi connectivity index (χ3n) is 5.21. The van der Waals surface area contributed by atoms with Crippen LogP contribution < -0.4 is 10.1 Å². The standard InChI is InChI=1S/C21H23ClN2O2.ClH/c22-17-6-4-15(5-7-17)14-26-20-3-1-2-16(12-20)21(25)24-11-10-18-8-9-19(13-24)23-18;/h1-7,12,18-19,23H,8-11,13-14H2;1H. The molecule has 2 aromatic carbocycles. The SMILES string of the molecule is Cl.O=C(c1cccc(OCc2ccc(Cl)cc2)c1)N1CCC2CCC(C1)N2. The van der Waals surface area contributed by atoms with Crippen molar-refractivity contribution in [2.45, 2.75) is 38.0 Å². The summed E-state index contributed by atoms with van der Waals surface area (Å²) in [7, 11) is 0. The highest BCUT2D eigenvalue weighted by molar-refractivity contribution is 6.30. The van der Waals surface area contributed by atoms with Crippen LogP contribution in [0.15, 0.2) is 48.5 Å². The van der Waals surface area contributed by atoms with Crippen molar-refractivity contribution in [1.82, 2.24) is 10.2 Å². The number of nitrogens with one attached hydrogen (secondary N) is 1. The zero-order chi connectivity index (χ0) is 17.9. The van der Waals surface area contributed by atoms with Crippen molar-refractivity contribution in [2.24, 2.45) is 0 Å². The summed E-state index contributed by atoms with van der Waals surface area (Å²) in [6.07, 6.45) is 3.44. The molecule has 2 saturated heterocycles. The summed E-state index contributed by atoms with van der Waals surface area (Å²) < 4.78 is 5.86. The van der Waals surface area contributed by atoms with Gasteiger partial charge < -0.3 is 15.0 Å². The number of ether oxygens (including phenoxy) is 1. The molecule has 2 aliphatic heterocycles. The molecule has 2 unspecified atom stereocenters. The fraction of sp³-hybridized carbons (Fsp3) is 0.381. The second kappa shape index (κ2) is 8.96. The van der Waals surface area contributed by atoms with Crippen molar-refractivity contribution < 1.29 is 9.53 Å². The maximum Gasteiger partial charge on any atom is 0.254 e. The molecule has 0 spiro atoms. The van der Waals surface area contributed by atoms with Crippen molar-refractivity contribution >= 4 is 29.9 Å².